The highest BCUT2D eigenvalue weighted by Gasteiger charge is 2.60. The molecule has 2 aliphatic rings. The molecular weight excluding hydrogens is 541 g/mol. The third-order valence-corrected chi connectivity index (χ3v) is 9.98. The van der Waals surface area contributed by atoms with Crippen molar-refractivity contribution >= 4 is 54.8 Å². The summed E-state index contributed by atoms with van der Waals surface area (Å²) in [6, 6.07) is 11.9. The predicted molar refractivity (Wildman–Crippen MR) is 127 cm³/mol. The normalized spacial score (nSPS) is 21.3. The average molecular weight is 560 g/mol. The van der Waals surface area contributed by atoms with Crippen LogP contribution < -0.4 is 0 Å². The zero-order valence-electron chi connectivity index (χ0n) is 18.2. The first kappa shape index (κ1) is 25.6. The molecule has 2 atom stereocenters. The molecule has 0 saturated carbocycles. The summed E-state index contributed by atoms with van der Waals surface area (Å²) in [5.74, 6) is -3.36. The number of esters is 1. The number of amides is 1. The lowest BCUT2D eigenvalue weighted by Crippen LogP contribution is -2.70. The number of β-lactam (4-membered cyclic amide) rings is 1. The van der Waals surface area contributed by atoms with E-state index in [9.17, 15) is 26.4 Å². The highest BCUT2D eigenvalue weighted by Crippen LogP contribution is 2.39. The molecule has 0 aliphatic carbocycles. The van der Waals surface area contributed by atoms with Crippen LogP contribution in [0.5, 0.6) is 0 Å². The molecule has 0 bridgehead atoms. The number of hydrogen-bond donors (Lipinski definition) is 0. The Kier molecular flexibility index (Phi) is 7.00. The summed E-state index contributed by atoms with van der Waals surface area (Å²) in [5, 5.41) is -0.913. The second kappa shape index (κ2) is 9.55. The molecule has 0 radical (unpaired) electrons. The van der Waals surface area contributed by atoms with Crippen LogP contribution >= 0.6 is 23.2 Å². The molecule has 2 aliphatic heterocycles. The quantitative estimate of drug-likeness (QED) is 0.374. The molecule has 13 heteroatoms. The molecule has 186 valence electrons. The van der Waals surface area contributed by atoms with Gasteiger partial charge in [0.15, 0.2) is 31.2 Å². The molecule has 2 heterocycles. The van der Waals surface area contributed by atoms with Gasteiger partial charge >= 0.3 is 5.97 Å². The number of rotatable bonds is 7. The van der Waals surface area contributed by atoms with Crippen LogP contribution in [-0.4, -0.2) is 63.7 Å². The molecule has 1 fully saturated rings. The lowest BCUT2D eigenvalue weighted by Gasteiger charge is -2.48. The van der Waals surface area contributed by atoms with Crippen molar-refractivity contribution in [3.05, 3.63) is 75.4 Å². The van der Waals surface area contributed by atoms with Crippen molar-refractivity contribution in [3.63, 3.8) is 0 Å². The first-order valence-electron chi connectivity index (χ1n) is 10.1. The van der Waals surface area contributed by atoms with Gasteiger partial charge in [-0.15, -0.1) is 0 Å². The largest absolute Gasteiger partial charge is 0.456 e. The third kappa shape index (κ3) is 4.83. The second-order valence-electron chi connectivity index (χ2n) is 7.91. The fourth-order valence-electron chi connectivity index (χ4n) is 3.95. The van der Waals surface area contributed by atoms with Crippen molar-refractivity contribution in [2.45, 2.75) is 23.0 Å². The number of ether oxygens (including phenoxy) is 2. The highest BCUT2D eigenvalue weighted by atomic mass is 35.5. The lowest BCUT2D eigenvalue weighted by atomic mass is 10.1. The van der Waals surface area contributed by atoms with Crippen molar-refractivity contribution in [3.8, 4) is 0 Å². The number of fused-ring (bicyclic) bond motifs is 1. The van der Waals surface area contributed by atoms with E-state index in [-0.39, 0.29) is 22.1 Å². The molecule has 2 aromatic carbocycles. The van der Waals surface area contributed by atoms with Gasteiger partial charge in [-0.2, -0.15) is 0 Å². The van der Waals surface area contributed by atoms with Crippen LogP contribution in [0.2, 0.25) is 10.0 Å². The Morgan fingerprint density at radius 2 is 1.80 bits per heavy atom. The molecular formula is C22H19Cl2NO8S2. The van der Waals surface area contributed by atoms with E-state index in [1.807, 2.05) is 0 Å². The number of benzene rings is 2. The van der Waals surface area contributed by atoms with Crippen LogP contribution in [0.3, 0.4) is 0 Å². The van der Waals surface area contributed by atoms with Gasteiger partial charge in [-0.1, -0.05) is 47.5 Å². The minimum atomic E-state index is -4.05. The Bertz CT molecular complexity index is 1440. The highest BCUT2D eigenvalue weighted by molar-refractivity contribution is 7.93. The van der Waals surface area contributed by atoms with Crippen molar-refractivity contribution in [1.82, 2.24) is 4.90 Å². The molecule has 4 rings (SSSR count). The van der Waals surface area contributed by atoms with Crippen LogP contribution in [0, 0.1) is 0 Å². The topological polar surface area (TPSA) is 124 Å². The average Bonchev–Trinajstić information content (AvgIpc) is 2.80. The summed E-state index contributed by atoms with van der Waals surface area (Å²) in [7, 11) is -6.91. The standard InChI is InChI=1S/C22H19Cl2NO8S2/c1-32-19-20(26)25-18(22(27)33-10-13-7-8-16(23)17(24)9-13)14(12-35(30,31)21(19)25)11-34(28,29)15-5-3-2-4-6-15/h2-9,19,21H,10-12H2,1H3/t19-,21+/m0/s1. The van der Waals surface area contributed by atoms with E-state index in [2.05, 4.69) is 0 Å². The van der Waals surface area contributed by atoms with Gasteiger partial charge in [-0.05, 0) is 35.4 Å². The fourth-order valence-corrected chi connectivity index (χ4v) is 7.86. The molecule has 2 aromatic rings. The van der Waals surface area contributed by atoms with Gasteiger partial charge in [0.1, 0.15) is 12.3 Å². The van der Waals surface area contributed by atoms with Gasteiger partial charge in [0.25, 0.3) is 5.91 Å². The van der Waals surface area contributed by atoms with E-state index in [1.54, 1.807) is 12.1 Å². The summed E-state index contributed by atoms with van der Waals surface area (Å²) < 4.78 is 62.2. The van der Waals surface area contributed by atoms with Crippen LogP contribution in [-0.2, 0) is 45.3 Å². The molecule has 1 amide bonds. The van der Waals surface area contributed by atoms with Crippen LogP contribution in [0.25, 0.3) is 0 Å². The van der Waals surface area contributed by atoms with Crippen molar-refractivity contribution < 1.29 is 35.9 Å². The fraction of sp³-hybridized carbons (Fsp3) is 0.273. The zero-order valence-corrected chi connectivity index (χ0v) is 21.3. The van der Waals surface area contributed by atoms with Crippen molar-refractivity contribution in [2.75, 3.05) is 18.6 Å². The number of nitrogens with zero attached hydrogens (tertiary/aromatic N) is 1. The number of hydrogen-bond acceptors (Lipinski definition) is 8. The van der Waals surface area contributed by atoms with E-state index >= 15 is 0 Å². The maximum atomic E-state index is 13.1. The number of carbonyl (C=O) groups excluding carboxylic acids is 2. The maximum absolute atomic E-state index is 13.1. The first-order valence-corrected chi connectivity index (χ1v) is 14.3. The van der Waals surface area contributed by atoms with Gasteiger partial charge in [0.05, 0.1) is 26.4 Å². The molecule has 9 nitrogen and oxygen atoms in total. The van der Waals surface area contributed by atoms with E-state index in [0.29, 0.717) is 10.6 Å². The third-order valence-electron chi connectivity index (χ3n) is 5.58. The summed E-state index contributed by atoms with van der Waals surface area (Å²) in [5.41, 5.74) is -0.189. The van der Waals surface area contributed by atoms with Gasteiger partial charge in [0, 0.05) is 7.11 Å². The van der Waals surface area contributed by atoms with Crippen molar-refractivity contribution in [2.24, 2.45) is 0 Å². The summed E-state index contributed by atoms with van der Waals surface area (Å²) in [4.78, 5) is 26.5. The summed E-state index contributed by atoms with van der Waals surface area (Å²) >= 11 is 11.9. The van der Waals surface area contributed by atoms with E-state index in [1.165, 1.54) is 43.5 Å². The SMILES string of the molecule is CO[C@H]1C(=O)N2C(C(=O)OCc3ccc(Cl)c(Cl)c3)=C(CS(=O)(=O)c3ccccc3)CS(=O)(=O)[C@H]12. The van der Waals surface area contributed by atoms with Crippen LogP contribution in [0.1, 0.15) is 5.56 Å². The van der Waals surface area contributed by atoms with Crippen molar-refractivity contribution in [1.29, 1.82) is 0 Å². The Labute approximate surface area is 212 Å². The minimum absolute atomic E-state index is 0.0553. The summed E-state index contributed by atoms with van der Waals surface area (Å²) in [6.07, 6.45) is -1.30. The molecule has 0 spiro atoms. The number of methoxy groups -OCH3 is 1. The van der Waals surface area contributed by atoms with Gasteiger partial charge < -0.3 is 9.47 Å². The van der Waals surface area contributed by atoms with E-state index in [4.69, 9.17) is 32.7 Å². The Morgan fingerprint density at radius 3 is 2.43 bits per heavy atom. The van der Waals surface area contributed by atoms with Gasteiger partial charge in [-0.25, -0.2) is 21.6 Å². The maximum Gasteiger partial charge on any atom is 0.355 e. The Morgan fingerprint density at radius 1 is 1.11 bits per heavy atom. The lowest BCUT2D eigenvalue weighted by molar-refractivity contribution is -0.164. The van der Waals surface area contributed by atoms with E-state index in [0.717, 1.165) is 4.90 Å². The molecule has 35 heavy (non-hydrogen) atoms. The van der Waals surface area contributed by atoms with Crippen LogP contribution in [0.4, 0.5) is 0 Å². The number of carbonyl (C=O) groups is 2. The summed E-state index contributed by atoms with van der Waals surface area (Å²) in [6.45, 7) is -0.273. The van der Waals surface area contributed by atoms with Gasteiger partial charge in [0.2, 0.25) is 0 Å². The Balaban J connectivity index is 1.72. The van der Waals surface area contributed by atoms with Gasteiger partial charge in [-0.3, -0.25) is 9.69 Å². The molecule has 0 aromatic heterocycles. The monoisotopic (exact) mass is 559 g/mol. The number of sulfone groups is 2. The molecule has 0 unspecified atom stereocenters. The minimum Gasteiger partial charge on any atom is -0.456 e. The predicted octanol–water partition coefficient (Wildman–Crippen LogP) is 2.38. The molecule has 0 N–H and O–H groups in total. The second-order valence-corrected chi connectivity index (χ2v) is 12.8. The Hall–Kier alpha value is -2.44. The number of halogens is 2. The van der Waals surface area contributed by atoms with Crippen LogP contribution in [0.15, 0.2) is 64.7 Å². The zero-order chi connectivity index (χ0) is 25.5. The van der Waals surface area contributed by atoms with E-state index < -0.39 is 60.2 Å². The first-order chi connectivity index (χ1) is 16.5. The molecule has 1 saturated heterocycles. The smallest absolute Gasteiger partial charge is 0.355 e.